The van der Waals surface area contributed by atoms with Crippen molar-refractivity contribution >= 4 is 16.6 Å². The molecular formula is C26H22O. The van der Waals surface area contributed by atoms with Gasteiger partial charge in [0.15, 0.2) is 5.78 Å². The first kappa shape index (κ1) is 17.2. The fourth-order valence-corrected chi connectivity index (χ4v) is 3.73. The van der Waals surface area contributed by atoms with Gasteiger partial charge in [0.1, 0.15) is 0 Å². The van der Waals surface area contributed by atoms with Crippen LogP contribution < -0.4 is 0 Å². The Hall–Kier alpha value is -3.19. The summed E-state index contributed by atoms with van der Waals surface area (Å²) in [7, 11) is 0. The second-order valence-corrected chi connectivity index (χ2v) is 7.22. The van der Waals surface area contributed by atoms with E-state index in [1.54, 1.807) is 0 Å². The van der Waals surface area contributed by atoms with Gasteiger partial charge in [0.25, 0.3) is 0 Å². The van der Waals surface area contributed by atoms with Gasteiger partial charge in [-0.15, -0.1) is 0 Å². The molecule has 0 unspecified atom stereocenters. The lowest BCUT2D eigenvalue weighted by molar-refractivity contribution is 0.103. The second-order valence-electron chi connectivity index (χ2n) is 7.22. The summed E-state index contributed by atoms with van der Waals surface area (Å²) in [5.74, 6) is 0.0955. The minimum Gasteiger partial charge on any atom is -0.289 e. The Morgan fingerprint density at radius 1 is 0.704 bits per heavy atom. The summed E-state index contributed by atoms with van der Waals surface area (Å²) in [6, 6.07) is 28.9. The molecule has 0 heterocycles. The molecule has 0 saturated carbocycles. The summed E-state index contributed by atoms with van der Waals surface area (Å²) >= 11 is 0. The molecule has 0 saturated heterocycles. The number of rotatable bonds is 4. The molecule has 0 radical (unpaired) electrons. The van der Waals surface area contributed by atoms with Crippen molar-refractivity contribution in [3.63, 3.8) is 0 Å². The smallest absolute Gasteiger partial charge is 0.193 e. The molecule has 4 rings (SSSR count). The van der Waals surface area contributed by atoms with Crippen molar-refractivity contribution in [3.05, 3.63) is 118 Å². The van der Waals surface area contributed by atoms with Crippen LogP contribution in [0.5, 0.6) is 0 Å². The van der Waals surface area contributed by atoms with Gasteiger partial charge in [0.05, 0.1) is 0 Å². The Labute approximate surface area is 160 Å². The predicted molar refractivity (Wildman–Crippen MR) is 113 cm³/mol. The molecule has 0 N–H and O–H groups in total. The molecule has 0 aliphatic heterocycles. The van der Waals surface area contributed by atoms with E-state index in [9.17, 15) is 4.79 Å². The second kappa shape index (κ2) is 7.20. The number of ketones is 1. The summed E-state index contributed by atoms with van der Waals surface area (Å²) in [5, 5.41) is 2.47. The van der Waals surface area contributed by atoms with Crippen LogP contribution in [0.3, 0.4) is 0 Å². The first-order valence-electron chi connectivity index (χ1n) is 9.29. The molecule has 27 heavy (non-hydrogen) atoms. The van der Waals surface area contributed by atoms with E-state index in [-0.39, 0.29) is 5.78 Å². The third kappa shape index (κ3) is 3.68. The summed E-state index contributed by atoms with van der Waals surface area (Å²) in [5.41, 5.74) is 6.07. The Bertz CT molecular complexity index is 1120. The van der Waals surface area contributed by atoms with Gasteiger partial charge in [-0.25, -0.2) is 0 Å². The molecule has 1 heteroatoms. The molecule has 0 bridgehead atoms. The Balaban J connectivity index is 1.70. The van der Waals surface area contributed by atoms with Crippen LogP contribution in [0.25, 0.3) is 10.8 Å². The number of carbonyl (C=O) groups excluding carboxylic acids is 1. The van der Waals surface area contributed by atoms with Gasteiger partial charge in [0, 0.05) is 11.1 Å². The highest BCUT2D eigenvalue weighted by Gasteiger charge is 2.14. The van der Waals surface area contributed by atoms with Gasteiger partial charge in [0.2, 0.25) is 0 Å². The Morgan fingerprint density at radius 2 is 1.37 bits per heavy atom. The van der Waals surface area contributed by atoms with E-state index in [0.29, 0.717) is 0 Å². The largest absolute Gasteiger partial charge is 0.289 e. The maximum absolute atomic E-state index is 13.2. The van der Waals surface area contributed by atoms with Crippen molar-refractivity contribution in [3.8, 4) is 0 Å². The molecule has 0 aliphatic carbocycles. The van der Waals surface area contributed by atoms with Gasteiger partial charge < -0.3 is 0 Å². The van der Waals surface area contributed by atoms with Crippen molar-refractivity contribution in [2.75, 3.05) is 0 Å². The minimum atomic E-state index is 0.0955. The molecule has 4 aromatic carbocycles. The fraction of sp³-hybridized carbons (Fsp3) is 0.115. The summed E-state index contributed by atoms with van der Waals surface area (Å²) in [6.45, 7) is 4.07. The molecule has 0 aliphatic rings. The van der Waals surface area contributed by atoms with Crippen molar-refractivity contribution in [1.82, 2.24) is 0 Å². The average molecular weight is 350 g/mol. The van der Waals surface area contributed by atoms with Crippen LogP contribution >= 0.6 is 0 Å². The number of carbonyl (C=O) groups is 1. The Kier molecular flexibility index (Phi) is 4.60. The number of hydrogen-bond acceptors (Lipinski definition) is 1. The van der Waals surface area contributed by atoms with Gasteiger partial charge in [-0.1, -0.05) is 83.9 Å². The average Bonchev–Trinajstić information content (AvgIpc) is 2.67. The minimum absolute atomic E-state index is 0.0955. The topological polar surface area (TPSA) is 17.1 Å². The van der Waals surface area contributed by atoms with Crippen LogP contribution in [0.15, 0.2) is 84.9 Å². The third-order valence-corrected chi connectivity index (χ3v) is 4.95. The zero-order chi connectivity index (χ0) is 18.8. The summed E-state index contributed by atoms with van der Waals surface area (Å²) in [4.78, 5) is 13.2. The molecular weight excluding hydrogens is 328 g/mol. The lowest BCUT2D eigenvalue weighted by Crippen LogP contribution is -2.06. The van der Waals surface area contributed by atoms with Crippen molar-refractivity contribution in [1.29, 1.82) is 0 Å². The first-order chi connectivity index (χ1) is 13.1. The van der Waals surface area contributed by atoms with Crippen LogP contribution in [0.2, 0.25) is 0 Å². The lowest BCUT2D eigenvalue weighted by Gasteiger charge is -2.11. The van der Waals surface area contributed by atoms with Gasteiger partial charge in [-0.3, -0.25) is 4.79 Å². The molecule has 1 nitrogen and oxygen atoms in total. The monoisotopic (exact) mass is 350 g/mol. The number of fused-ring (bicyclic) bond motifs is 1. The molecule has 0 spiro atoms. The number of aryl methyl sites for hydroxylation is 2. The molecule has 4 aromatic rings. The van der Waals surface area contributed by atoms with Gasteiger partial charge in [-0.2, -0.15) is 0 Å². The maximum Gasteiger partial charge on any atom is 0.193 e. The number of benzene rings is 4. The van der Waals surface area contributed by atoms with Crippen LogP contribution in [0.1, 0.15) is 38.2 Å². The van der Waals surface area contributed by atoms with Crippen LogP contribution in [-0.2, 0) is 6.42 Å². The maximum atomic E-state index is 13.2. The highest BCUT2D eigenvalue weighted by molar-refractivity contribution is 6.10. The molecule has 0 atom stereocenters. The predicted octanol–water partition coefficient (Wildman–Crippen LogP) is 6.28. The summed E-state index contributed by atoms with van der Waals surface area (Å²) < 4.78 is 0. The Morgan fingerprint density at radius 3 is 2.15 bits per heavy atom. The highest BCUT2D eigenvalue weighted by Crippen LogP contribution is 2.22. The summed E-state index contributed by atoms with van der Waals surface area (Å²) in [6.07, 6.45) is 0.748. The zero-order valence-electron chi connectivity index (χ0n) is 15.7. The van der Waals surface area contributed by atoms with E-state index in [2.05, 4.69) is 54.6 Å². The first-order valence-corrected chi connectivity index (χ1v) is 9.29. The van der Waals surface area contributed by atoms with Crippen LogP contribution in [-0.4, -0.2) is 5.78 Å². The molecule has 132 valence electrons. The molecule has 0 fully saturated rings. The quantitative estimate of drug-likeness (QED) is 0.396. The van der Waals surface area contributed by atoms with Gasteiger partial charge >= 0.3 is 0 Å². The number of hydrogen-bond donors (Lipinski definition) is 0. The van der Waals surface area contributed by atoms with Gasteiger partial charge in [-0.05, 0) is 54.3 Å². The normalized spacial score (nSPS) is 10.9. The SMILES string of the molecule is Cc1cc(C)cc(C(=O)c2ccccc2Cc2ccc3ccccc3c2)c1. The fourth-order valence-electron chi connectivity index (χ4n) is 3.73. The van der Waals surface area contributed by atoms with E-state index in [0.717, 1.165) is 34.2 Å². The van der Waals surface area contributed by atoms with Crippen molar-refractivity contribution in [2.24, 2.45) is 0 Å². The van der Waals surface area contributed by atoms with E-state index in [1.165, 1.54) is 16.3 Å². The highest BCUT2D eigenvalue weighted by atomic mass is 16.1. The van der Waals surface area contributed by atoms with E-state index in [1.807, 2.05) is 44.2 Å². The van der Waals surface area contributed by atoms with Crippen molar-refractivity contribution in [2.45, 2.75) is 20.3 Å². The van der Waals surface area contributed by atoms with Crippen LogP contribution in [0, 0.1) is 13.8 Å². The molecule has 0 aromatic heterocycles. The van der Waals surface area contributed by atoms with E-state index >= 15 is 0 Å². The lowest BCUT2D eigenvalue weighted by atomic mass is 9.92. The molecule has 0 amide bonds. The zero-order valence-corrected chi connectivity index (χ0v) is 15.7. The van der Waals surface area contributed by atoms with Crippen LogP contribution in [0.4, 0.5) is 0 Å². The standard InChI is InChI=1S/C26H22O/c1-18-13-19(2)15-24(14-18)26(27)25-10-6-5-9-23(25)17-20-11-12-21-7-3-4-8-22(21)16-20/h3-16H,17H2,1-2H3. The van der Waals surface area contributed by atoms with Crippen molar-refractivity contribution < 1.29 is 4.79 Å². The van der Waals surface area contributed by atoms with E-state index in [4.69, 9.17) is 0 Å². The van der Waals surface area contributed by atoms with E-state index < -0.39 is 0 Å². The third-order valence-electron chi connectivity index (χ3n) is 4.95.